The molecule has 166 valence electrons. The molecule has 5 nitrogen and oxygen atoms in total. The summed E-state index contributed by atoms with van der Waals surface area (Å²) in [6.07, 6.45) is 4.42. The molecule has 2 aromatic rings. The summed E-state index contributed by atoms with van der Waals surface area (Å²) >= 11 is 0. The van der Waals surface area contributed by atoms with Gasteiger partial charge in [-0.2, -0.15) is 0 Å². The van der Waals surface area contributed by atoms with Gasteiger partial charge < -0.3 is 19.1 Å². The number of hydrogen-bond acceptors (Lipinski definition) is 4. The van der Waals surface area contributed by atoms with Crippen LogP contribution in [0.25, 0.3) is 0 Å². The molecule has 2 fully saturated rings. The summed E-state index contributed by atoms with van der Waals surface area (Å²) in [6, 6.07) is 20.9. The van der Waals surface area contributed by atoms with Crippen LogP contribution in [0.5, 0.6) is 0 Å². The smallest absolute Gasteiger partial charge is 0.311 e. The van der Waals surface area contributed by atoms with Gasteiger partial charge in [-0.3, -0.25) is 4.79 Å². The highest BCUT2D eigenvalue weighted by atomic mass is 16.6. The number of esters is 1. The molecule has 0 unspecified atom stereocenters. The minimum atomic E-state index is -0.0639. The lowest BCUT2D eigenvalue weighted by atomic mass is 10.00. The molecule has 2 saturated heterocycles. The van der Waals surface area contributed by atoms with E-state index in [-0.39, 0.29) is 24.3 Å². The normalized spacial score (nSPS) is 22.4. The lowest BCUT2D eigenvalue weighted by molar-refractivity contribution is -0.905. The fourth-order valence-electron chi connectivity index (χ4n) is 4.50. The first-order valence-corrected chi connectivity index (χ1v) is 11.6. The first kappa shape index (κ1) is 22.0. The third-order valence-electron chi connectivity index (χ3n) is 6.32. The van der Waals surface area contributed by atoms with Gasteiger partial charge in [0.05, 0.1) is 45.4 Å². The Morgan fingerprint density at radius 1 is 0.871 bits per heavy atom. The number of quaternary nitrogens is 1. The second-order valence-electron chi connectivity index (χ2n) is 8.59. The van der Waals surface area contributed by atoms with E-state index in [1.54, 1.807) is 0 Å². The molecular weight excluding hydrogens is 390 g/mol. The standard InChI is InChI=1S/C26H33NO4/c28-25(30-24-14-19-29-20-15-24)13-18-27-16-11-23(12-17-27)31-26(21-7-3-1-4-8-21)22-9-5-2-6-10-22/h1-10,23-24,26H,11-20H2/p+1. The predicted molar refractivity (Wildman–Crippen MR) is 119 cm³/mol. The molecule has 0 atom stereocenters. The Hall–Kier alpha value is -2.21. The van der Waals surface area contributed by atoms with Crippen molar-refractivity contribution in [1.29, 1.82) is 0 Å². The topological polar surface area (TPSA) is 49.2 Å². The summed E-state index contributed by atoms with van der Waals surface area (Å²) in [6.45, 7) is 4.31. The molecule has 31 heavy (non-hydrogen) atoms. The molecule has 2 aromatic carbocycles. The van der Waals surface area contributed by atoms with Gasteiger partial charge in [0.15, 0.2) is 0 Å². The van der Waals surface area contributed by atoms with Gasteiger partial charge in [0.1, 0.15) is 12.2 Å². The number of carbonyl (C=O) groups excluding carboxylic acids is 1. The van der Waals surface area contributed by atoms with Crippen LogP contribution in [0.2, 0.25) is 0 Å². The van der Waals surface area contributed by atoms with Gasteiger partial charge in [-0.15, -0.1) is 0 Å². The average Bonchev–Trinajstić information content (AvgIpc) is 2.84. The number of likely N-dealkylation sites (tertiary alicyclic amines) is 1. The van der Waals surface area contributed by atoms with E-state index >= 15 is 0 Å². The molecule has 0 radical (unpaired) electrons. The highest BCUT2D eigenvalue weighted by Crippen LogP contribution is 2.28. The van der Waals surface area contributed by atoms with E-state index in [1.807, 2.05) is 12.1 Å². The van der Waals surface area contributed by atoms with Crippen molar-refractivity contribution < 1.29 is 23.9 Å². The van der Waals surface area contributed by atoms with E-state index in [0.717, 1.165) is 45.3 Å². The van der Waals surface area contributed by atoms with Crippen LogP contribution in [0.15, 0.2) is 60.7 Å². The lowest BCUT2D eigenvalue weighted by Crippen LogP contribution is -3.13. The third kappa shape index (κ3) is 6.63. The molecule has 5 heteroatoms. The highest BCUT2D eigenvalue weighted by molar-refractivity contribution is 5.69. The van der Waals surface area contributed by atoms with Crippen molar-refractivity contribution >= 4 is 5.97 Å². The maximum absolute atomic E-state index is 12.2. The second kappa shape index (κ2) is 11.4. The van der Waals surface area contributed by atoms with Crippen molar-refractivity contribution in [3.63, 3.8) is 0 Å². The lowest BCUT2D eigenvalue weighted by Gasteiger charge is -2.32. The number of piperidine rings is 1. The number of benzene rings is 2. The van der Waals surface area contributed by atoms with Gasteiger partial charge in [-0.25, -0.2) is 0 Å². The number of ether oxygens (including phenoxy) is 3. The highest BCUT2D eigenvalue weighted by Gasteiger charge is 2.27. The Bertz CT molecular complexity index is 744. The van der Waals surface area contributed by atoms with Crippen molar-refractivity contribution in [3.8, 4) is 0 Å². The summed E-state index contributed by atoms with van der Waals surface area (Å²) in [5.74, 6) is -0.0639. The van der Waals surface area contributed by atoms with Crippen molar-refractivity contribution in [2.24, 2.45) is 0 Å². The van der Waals surface area contributed by atoms with Crippen LogP contribution in [0.3, 0.4) is 0 Å². The molecule has 0 spiro atoms. The van der Waals surface area contributed by atoms with Crippen LogP contribution in [0, 0.1) is 0 Å². The van der Waals surface area contributed by atoms with Gasteiger partial charge in [-0.05, 0) is 11.1 Å². The summed E-state index contributed by atoms with van der Waals surface area (Å²) in [7, 11) is 0. The van der Waals surface area contributed by atoms with Gasteiger partial charge in [0.25, 0.3) is 0 Å². The van der Waals surface area contributed by atoms with Gasteiger partial charge >= 0.3 is 5.97 Å². The van der Waals surface area contributed by atoms with Crippen molar-refractivity contribution in [1.82, 2.24) is 0 Å². The molecule has 2 heterocycles. The van der Waals surface area contributed by atoms with Crippen LogP contribution < -0.4 is 4.90 Å². The molecule has 0 amide bonds. The van der Waals surface area contributed by atoms with Crippen molar-refractivity contribution in [2.45, 2.75) is 50.4 Å². The fourth-order valence-corrected chi connectivity index (χ4v) is 4.50. The Morgan fingerprint density at radius 2 is 1.45 bits per heavy atom. The van der Waals surface area contributed by atoms with Crippen LogP contribution in [0.1, 0.15) is 49.3 Å². The van der Waals surface area contributed by atoms with Crippen molar-refractivity contribution in [2.75, 3.05) is 32.8 Å². The van der Waals surface area contributed by atoms with Gasteiger partial charge in [-0.1, -0.05) is 60.7 Å². The monoisotopic (exact) mass is 424 g/mol. The molecular formula is C26H34NO4+. The number of carbonyl (C=O) groups is 1. The van der Waals surface area contributed by atoms with E-state index in [1.165, 1.54) is 16.0 Å². The molecule has 1 N–H and O–H groups in total. The zero-order chi connectivity index (χ0) is 21.3. The SMILES string of the molecule is O=C(CC[NH+]1CCC(OC(c2ccccc2)c2ccccc2)CC1)OC1CCOCC1. The maximum Gasteiger partial charge on any atom is 0.311 e. The minimum absolute atomic E-state index is 0.0385. The summed E-state index contributed by atoms with van der Waals surface area (Å²) in [4.78, 5) is 13.6. The first-order chi connectivity index (χ1) is 15.3. The van der Waals surface area contributed by atoms with Crippen molar-refractivity contribution in [3.05, 3.63) is 71.8 Å². The number of nitrogens with one attached hydrogen (secondary N) is 1. The molecule has 2 aliphatic rings. The predicted octanol–water partition coefficient (Wildman–Crippen LogP) is 2.95. The zero-order valence-electron chi connectivity index (χ0n) is 18.2. The minimum Gasteiger partial charge on any atom is -0.462 e. The zero-order valence-corrected chi connectivity index (χ0v) is 18.2. The fraction of sp³-hybridized carbons (Fsp3) is 0.500. The van der Waals surface area contributed by atoms with E-state index in [4.69, 9.17) is 14.2 Å². The Balaban J connectivity index is 1.24. The molecule has 4 rings (SSSR count). The Kier molecular flexibility index (Phi) is 8.11. The maximum atomic E-state index is 12.2. The van der Waals surface area contributed by atoms with Crippen LogP contribution in [0.4, 0.5) is 0 Å². The van der Waals surface area contributed by atoms with Gasteiger partial charge in [0.2, 0.25) is 0 Å². The van der Waals surface area contributed by atoms with E-state index in [2.05, 4.69) is 48.5 Å². The van der Waals surface area contributed by atoms with Crippen LogP contribution in [-0.4, -0.2) is 51.0 Å². The molecule has 0 saturated carbocycles. The quantitative estimate of drug-likeness (QED) is 0.662. The summed E-state index contributed by atoms with van der Waals surface area (Å²) in [5.41, 5.74) is 2.39. The largest absolute Gasteiger partial charge is 0.462 e. The molecule has 0 aliphatic carbocycles. The van der Waals surface area contributed by atoms with Crippen LogP contribution in [-0.2, 0) is 19.0 Å². The summed E-state index contributed by atoms with van der Waals surface area (Å²) < 4.78 is 17.5. The summed E-state index contributed by atoms with van der Waals surface area (Å²) in [5, 5.41) is 0. The van der Waals surface area contributed by atoms with E-state index < -0.39 is 0 Å². The average molecular weight is 425 g/mol. The molecule has 2 aliphatic heterocycles. The van der Waals surface area contributed by atoms with E-state index in [9.17, 15) is 4.79 Å². The van der Waals surface area contributed by atoms with E-state index in [0.29, 0.717) is 19.6 Å². The third-order valence-corrected chi connectivity index (χ3v) is 6.32. The molecule has 0 bridgehead atoms. The Labute approximate surface area is 185 Å². The first-order valence-electron chi connectivity index (χ1n) is 11.6. The van der Waals surface area contributed by atoms with Crippen LogP contribution >= 0.6 is 0 Å². The molecule has 0 aromatic heterocycles. The number of rotatable bonds is 8. The number of hydrogen-bond donors (Lipinski definition) is 1. The second-order valence-corrected chi connectivity index (χ2v) is 8.59. The Morgan fingerprint density at radius 3 is 2.03 bits per heavy atom. The van der Waals surface area contributed by atoms with Gasteiger partial charge in [0, 0.05) is 25.7 Å².